The van der Waals surface area contributed by atoms with Gasteiger partial charge in [-0.1, -0.05) is 12.5 Å². The van der Waals surface area contributed by atoms with Crippen LogP contribution >= 0.6 is 0 Å². The summed E-state index contributed by atoms with van der Waals surface area (Å²) in [4.78, 5) is 21.1. The van der Waals surface area contributed by atoms with Gasteiger partial charge in [-0.05, 0) is 77.3 Å². The third kappa shape index (κ3) is 4.52. The highest BCUT2D eigenvalue weighted by Crippen LogP contribution is 2.41. The molecule has 4 rings (SSSR count). The Bertz CT molecular complexity index is 1160. The van der Waals surface area contributed by atoms with Gasteiger partial charge in [0.2, 0.25) is 0 Å². The number of hydrogen-bond acceptors (Lipinski definition) is 6. The van der Waals surface area contributed by atoms with Gasteiger partial charge in [0, 0.05) is 23.8 Å². The van der Waals surface area contributed by atoms with Crippen LogP contribution in [0.25, 0.3) is 11.0 Å². The van der Waals surface area contributed by atoms with Gasteiger partial charge in [0.1, 0.15) is 11.6 Å². The van der Waals surface area contributed by atoms with E-state index in [1.165, 1.54) is 0 Å². The number of aliphatic carboxylic acids is 1. The van der Waals surface area contributed by atoms with Gasteiger partial charge in [-0.15, -0.1) is 0 Å². The van der Waals surface area contributed by atoms with Gasteiger partial charge in [-0.3, -0.25) is 9.78 Å². The van der Waals surface area contributed by atoms with E-state index in [1.807, 2.05) is 23.7 Å². The molecule has 3 aromatic rings. The number of fused-ring (bicyclic) bond motifs is 1. The van der Waals surface area contributed by atoms with Crippen molar-refractivity contribution in [3.8, 4) is 5.75 Å². The lowest BCUT2D eigenvalue weighted by molar-refractivity contribution is -0.143. The van der Waals surface area contributed by atoms with E-state index < -0.39 is 17.5 Å². The second-order valence-corrected chi connectivity index (χ2v) is 9.61. The van der Waals surface area contributed by atoms with E-state index in [1.54, 1.807) is 31.3 Å². The summed E-state index contributed by atoms with van der Waals surface area (Å²) in [6, 6.07) is 9.02. The Morgan fingerprint density at radius 3 is 2.76 bits per heavy atom. The zero-order chi connectivity index (χ0) is 24.5. The first-order valence-corrected chi connectivity index (χ1v) is 12.0. The van der Waals surface area contributed by atoms with Gasteiger partial charge in [-0.2, -0.15) is 0 Å². The molecule has 0 bridgehead atoms. The number of aromatic nitrogens is 3. The van der Waals surface area contributed by atoms with Gasteiger partial charge >= 0.3 is 5.97 Å². The molecule has 34 heavy (non-hydrogen) atoms. The Balaban J connectivity index is 1.90. The van der Waals surface area contributed by atoms with Crippen LogP contribution in [0.5, 0.6) is 5.75 Å². The Kier molecular flexibility index (Phi) is 6.91. The number of benzene rings is 1. The van der Waals surface area contributed by atoms with Crippen molar-refractivity contribution < 1.29 is 20.1 Å². The van der Waals surface area contributed by atoms with Crippen molar-refractivity contribution in [2.75, 3.05) is 7.05 Å². The molecule has 0 spiro atoms. The standard InChI is InChI=1S/C26H34N4O4/c1-16(27-3)10-11-19-21(31)13-12-20-23(19)29-25(26(2,34)22-9-4-5-14-28-22)30(20)18-8-6-7-17(15-18)24(32)33/h4-5,9,12-14,16-18,27,31,34H,6-8,10-11,15H2,1-3H3,(H,32,33). The number of rotatable bonds is 8. The lowest BCUT2D eigenvalue weighted by Gasteiger charge is -2.32. The smallest absolute Gasteiger partial charge is 0.306 e. The molecule has 0 saturated heterocycles. The molecule has 8 heteroatoms. The number of carboxylic acids is 1. The Morgan fingerprint density at radius 2 is 2.09 bits per heavy atom. The van der Waals surface area contributed by atoms with Crippen LogP contribution in [0.4, 0.5) is 0 Å². The number of nitrogens with one attached hydrogen (secondary N) is 1. The highest BCUT2D eigenvalue weighted by atomic mass is 16.4. The van der Waals surface area contributed by atoms with Crippen molar-refractivity contribution in [1.29, 1.82) is 0 Å². The van der Waals surface area contributed by atoms with Crippen LogP contribution in [0.2, 0.25) is 0 Å². The third-order valence-electron chi connectivity index (χ3n) is 7.22. The van der Waals surface area contributed by atoms with E-state index in [-0.39, 0.29) is 17.8 Å². The van der Waals surface area contributed by atoms with E-state index >= 15 is 0 Å². The third-order valence-corrected chi connectivity index (χ3v) is 7.22. The highest BCUT2D eigenvalue weighted by Gasteiger charge is 2.38. The number of carbonyl (C=O) groups is 1. The summed E-state index contributed by atoms with van der Waals surface area (Å²) in [5, 5.41) is 35.3. The van der Waals surface area contributed by atoms with Gasteiger partial charge in [-0.25, -0.2) is 4.98 Å². The van der Waals surface area contributed by atoms with Crippen molar-refractivity contribution >= 4 is 17.0 Å². The molecule has 1 aliphatic rings. The normalized spacial score (nSPS) is 21.3. The van der Waals surface area contributed by atoms with Crippen LogP contribution in [0.1, 0.15) is 69.1 Å². The van der Waals surface area contributed by atoms with Crippen LogP contribution in [-0.2, 0) is 16.8 Å². The lowest BCUT2D eigenvalue weighted by atomic mass is 9.85. The molecule has 1 fully saturated rings. The summed E-state index contributed by atoms with van der Waals surface area (Å²) in [6.45, 7) is 3.76. The van der Waals surface area contributed by atoms with E-state index in [0.29, 0.717) is 36.3 Å². The molecule has 4 N–H and O–H groups in total. The first-order valence-electron chi connectivity index (χ1n) is 12.0. The number of imidazole rings is 1. The molecule has 1 aliphatic carbocycles. The molecule has 1 aromatic carbocycles. The number of hydrogen-bond donors (Lipinski definition) is 4. The van der Waals surface area contributed by atoms with Crippen LogP contribution in [0, 0.1) is 5.92 Å². The number of carboxylic acid groups (broad SMARTS) is 1. The topological polar surface area (TPSA) is 120 Å². The fraction of sp³-hybridized carbons (Fsp3) is 0.500. The predicted octanol–water partition coefficient (Wildman–Crippen LogP) is 3.75. The molecule has 8 nitrogen and oxygen atoms in total. The molecular formula is C26H34N4O4. The Labute approximate surface area is 199 Å². The summed E-state index contributed by atoms with van der Waals surface area (Å²) >= 11 is 0. The molecule has 0 aliphatic heterocycles. The van der Waals surface area contributed by atoms with Crippen LogP contribution in [0.15, 0.2) is 36.5 Å². The second kappa shape index (κ2) is 9.72. The monoisotopic (exact) mass is 466 g/mol. The van der Waals surface area contributed by atoms with Crippen LogP contribution < -0.4 is 5.32 Å². The van der Waals surface area contributed by atoms with Crippen molar-refractivity contribution in [2.24, 2.45) is 5.92 Å². The van der Waals surface area contributed by atoms with E-state index in [0.717, 1.165) is 30.3 Å². The minimum absolute atomic E-state index is 0.126. The molecule has 0 amide bonds. The second-order valence-electron chi connectivity index (χ2n) is 9.61. The number of nitrogens with zero attached hydrogens (tertiary/aromatic N) is 3. The number of aryl methyl sites for hydroxylation is 1. The van der Waals surface area contributed by atoms with Gasteiger partial charge in [0.15, 0.2) is 5.60 Å². The highest BCUT2D eigenvalue weighted by molar-refractivity contribution is 5.83. The van der Waals surface area contributed by atoms with Crippen molar-refractivity contribution in [1.82, 2.24) is 19.9 Å². The Morgan fingerprint density at radius 1 is 1.29 bits per heavy atom. The average Bonchev–Trinajstić information content (AvgIpc) is 3.24. The van der Waals surface area contributed by atoms with Crippen molar-refractivity contribution in [3.05, 3.63) is 53.6 Å². The summed E-state index contributed by atoms with van der Waals surface area (Å²) in [5.74, 6) is -0.620. The quantitative estimate of drug-likeness (QED) is 0.399. The maximum atomic E-state index is 11.8. The first-order chi connectivity index (χ1) is 16.2. The maximum absolute atomic E-state index is 11.8. The summed E-state index contributed by atoms with van der Waals surface area (Å²) in [7, 11) is 1.91. The van der Waals surface area contributed by atoms with Crippen molar-refractivity contribution in [2.45, 2.75) is 70.1 Å². The average molecular weight is 467 g/mol. The van der Waals surface area contributed by atoms with Gasteiger partial charge < -0.3 is 25.2 Å². The number of aliphatic hydroxyl groups is 1. The van der Waals surface area contributed by atoms with E-state index in [2.05, 4.69) is 17.2 Å². The van der Waals surface area contributed by atoms with Crippen molar-refractivity contribution in [3.63, 3.8) is 0 Å². The number of phenolic OH excluding ortho intramolecular Hbond substituents is 1. The number of aromatic hydroxyl groups is 1. The number of pyridine rings is 1. The molecule has 4 atom stereocenters. The summed E-state index contributed by atoms with van der Waals surface area (Å²) in [5.41, 5.74) is 1.15. The number of phenols is 1. The summed E-state index contributed by atoms with van der Waals surface area (Å²) < 4.78 is 2.00. The molecule has 182 valence electrons. The van der Waals surface area contributed by atoms with Gasteiger partial charge in [0.25, 0.3) is 0 Å². The Hall–Kier alpha value is -2.97. The lowest BCUT2D eigenvalue weighted by Crippen LogP contribution is -2.32. The predicted molar refractivity (Wildman–Crippen MR) is 130 cm³/mol. The van der Waals surface area contributed by atoms with E-state index in [9.17, 15) is 20.1 Å². The fourth-order valence-electron chi connectivity index (χ4n) is 5.06. The molecule has 1 saturated carbocycles. The molecule has 2 aromatic heterocycles. The minimum atomic E-state index is -1.50. The SMILES string of the molecule is CNC(C)CCc1c(O)ccc2c1nc(C(C)(O)c1ccccn1)n2C1CCCC(C(=O)O)C1. The fourth-order valence-corrected chi connectivity index (χ4v) is 5.06. The molecular weight excluding hydrogens is 432 g/mol. The maximum Gasteiger partial charge on any atom is 0.306 e. The van der Waals surface area contributed by atoms with Gasteiger partial charge in [0.05, 0.1) is 22.6 Å². The van der Waals surface area contributed by atoms with Crippen LogP contribution in [-0.4, -0.2) is 48.9 Å². The molecule has 0 radical (unpaired) electrons. The van der Waals surface area contributed by atoms with Crippen LogP contribution in [0.3, 0.4) is 0 Å². The molecule has 4 unspecified atom stereocenters. The zero-order valence-corrected chi connectivity index (χ0v) is 20.0. The largest absolute Gasteiger partial charge is 0.508 e. The first kappa shape index (κ1) is 24.2. The minimum Gasteiger partial charge on any atom is -0.508 e. The molecule has 2 heterocycles. The summed E-state index contributed by atoms with van der Waals surface area (Å²) in [6.07, 6.45) is 5.78. The zero-order valence-electron chi connectivity index (χ0n) is 20.0. The van der Waals surface area contributed by atoms with E-state index in [4.69, 9.17) is 4.98 Å².